The van der Waals surface area contributed by atoms with Crippen molar-refractivity contribution in [2.45, 2.75) is 19.3 Å². The van der Waals surface area contributed by atoms with Crippen LogP contribution in [0, 0.1) is 5.92 Å². The minimum absolute atomic E-state index is 0.0453. The summed E-state index contributed by atoms with van der Waals surface area (Å²) in [4.78, 5) is 14.6. The van der Waals surface area contributed by atoms with E-state index in [2.05, 4.69) is 30.8 Å². The van der Waals surface area contributed by atoms with Crippen LogP contribution < -0.4 is 15.0 Å². The van der Waals surface area contributed by atoms with E-state index in [9.17, 15) is 4.79 Å². The molecule has 3 heterocycles. The number of ether oxygens (including phenoxy) is 1. The van der Waals surface area contributed by atoms with E-state index in [1.54, 1.807) is 7.11 Å². The van der Waals surface area contributed by atoms with Crippen molar-refractivity contribution in [1.82, 2.24) is 30.6 Å². The number of aromatic nitrogens is 5. The van der Waals surface area contributed by atoms with Crippen LogP contribution in [0.5, 0.6) is 5.75 Å². The lowest BCUT2D eigenvalue weighted by molar-refractivity contribution is -0.125. The number of rotatable bonds is 6. The van der Waals surface area contributed by atoms with E-state index in [4.69, 9.17) is 4.74 Å². The van der Waals surface area contributed by atoms with Gasteiger partial charge < -0.3 is 15.0 Å². The molecule has 3 aromatic rings. The van der Waals surface area contributed by atoms with Crippen LogP contribution in [0.15, 0.2) is 36.4 Å². The number of tetrazole rings is 1. The molecule has 0 radical (unpaired) electrons. The van der Waals surface area contributed by atoms with Crippen molar-refractivity contribution in [3.05, 3.63) is 42.0 Å². The number of hydrogen-bond donors (Lipinski definition) is 1. The van der Waals surface area contributed by atoms with Gasteiger partial charge in [-0.25, -0.2) is 0 Å². The average Bonchev–Trinajstić information content (AvgIpc) is 3.22. The van der Waals surface area contributed by atoms with Gasteiger partial charge in [-0.05, 0) is 59.5 Å². The SMILES string of the molecule is COc1ccc(CCNC(=O)C2CCN(c3ccc4nnnn4n3)CC2)cc1. The van der Waals surface area contributed by atoms with Gasteiger partial charge in [-0.15, -0.1) is 14.8 Å². The molecule has 0 bridgehead atoms. The molecule has 1 amide bonds. The number of carbonyl (C=O) groups excluding carboxylic acids is 1. The zero-order chi connectivity index (χ0) is 19.3. The number of anilines is 1. The van der Waals surface area contributed by atoms with Crippen LogP contribution >= 0.6 is 0 Å². The molecule has 4 rings (SSSR count). The van der Waals surface area contributed by atoms with Crippen molar-refractivity contribution in [1.29, 1.82) is 0 Å². The summed E-state index contributed by atoms with van der Waals surface area (Å²) in [5.74, 6) is 1.85. The quantitative estimate of drug-likeness (QED) is 0.683. The predicted octanol–water partition coefficient (Wildman–Crippen LogP) is 1.10. The first kappa shape index (κ1) is 18.1. The average molecular weight is 381 g/mol. The minimum atomic E-state index is 0.0453. The Labute approximate surface area is 162 Å². The molecule has 9 heteroatoms. The van der Waals surface area contributed by atoms with Gasteiger partial charge in [0, 0.05) is 25.6 Å². The normalized spacial score (nSPS) is 15.0. The van der Waals surface area contributed by atoms with Crippen LogP contribution in [0.4, 0.5) is 5.82 Å². The molecule has 0 aliphatic carbocycles. The van der Waals surface area contributed by atoms with Crippen molar-refractivity contribution in [2.24, 2.45) is 5.92 Å². The summed E-state index contributed by atoms with van der Waals surface area (Å²) >= 11 is 0. The number of methoxy groups -OCH3 is 1. The van der Waals surface area contributed by atoms with E-state index in [0.717, 1.165) is 43.9 Å². The molecule has 1 aliphatic heterocycles. The molecule has 0 spiro atoms. The fraction of sp³-hybridized carbons (Fsp3) is 0.421. The van der Waals surface area contributed by atoms with Crippen LogP contribution in [0.3, 0.4) is 0 Å². The molecular weight excluding hydrogens is 358 g/mol. The van der Waals surface area contributed by atoms with E-state index >= 15 is 0 Å². The minimum Gasteiger partial charge on any atom is -0.497 e. The van der Waals surface area contributed by atoms with E-state index < -0.39 is 0 Å². The lowest BCUT2D eigenvalue weighted by atomic mass is 9.96. The molecule has 1 aromatic carbocycles. The second-order valence-corrected chi connectivity index (χ2v) is 6.87. The number of fused-ring (bicyclic) bond motifs is 1. The van der Waals surface area contributed by atoms with Gasteiger partial charge in [-0.1, -0.05) is 12.1 Å². The van der Waals surface area contributed by atoms with E-state index in [1.165, 1.54) is 10.2 Å². The molecule has 1 N–H and O–H groups in total. The predicted molar refractivity (Wildman–Crippen MR) is 103 cm³/mol. The number of carbonyl (C=O) groups is 1. The highest BCUT2D eigenvalue weighted by molar-refractivity contribution is 5.79. The van der Waals surface area contributed by atoms with E-state index in [-0.39, 0.29) is 11.8 Å². The first-order valence-corrected chi connectivity index (χ1v) is 9.44. The molecule has 0 atom stereocenters. The van der Waals surface area contributed by atoms with Gasteiger partial charge in [0.1, 0.15) is 5.75 Å². The Hall–Kier alpha value is -3.23. The summed E-state index contributed by atoms with van der Waals surface area (Å²) in [6.45, 7) is 2.22. The molecule has 146 valence electrons. The van der Waals surface area contributed by atoms with Gasteiger partial charge >= 0.3 is 0 Å². The van der Waals surface area contributed by atoms with Crippen molar-refractivity contribution in [2.75, 3.05) is 31.6 Å². The monoisotopic (exact) mass is 381 g/mol. The third-order valence-corrected chi connectivity index (χ3v) is 5.12. The summed E-state index contributed by atoms with van der Waals surface area (Å²) < 4.78 is 6.58. The molecular formula is C19H23N7O2. The van der Waals surface area contributed by atoms with Crippen molar-refractivity contribution in [3.8, 4) is 5.75 Å². The topological polar surface area (TPSA) is 97.5 Å². The first-order valence-electron chi connectivity index (χ1n) is 9.44. The fourth-order valence-corrected chi connectivity index (χ4v) is 3.45. The highest BCUT2D eigenvalue weighted by atomic mass is 16.5. The number of hydrogen-bond acceptors (Lipinski definition) is 7. The summed E-state index contributed by atoms with van der Waals surface area (Å²) in [6, 6.07) is 11.7. The van der Waals surface area contributed by atoms with Crippen molar-refractivity contribution in [3.63, 3.8) is 0 Å². The standard InChI is InChI=1S/C19H23N7O2/c1-28-16-4-2-14(3-5-16)8-11-20-19(27)15-9-12-25(13-10-15)18-7-6-17-21-23-24-26(17)22-18/h2-7,15H,8-13H2,1H3,(H,20,27). The molecule has 9 nitrogen and oxygen atoms in total. The van der Waals surface area contributed by atoms with Gasteiger partial charge in [0.05, 0.1) is 7.11 Å². The van der Waals surface area contributed by atoms with E-state index in [1.807, 2.05) is 36.4 Å². The van der Waals surface area contributed by atoms with Crippen LogP contribution in [-0.2, 0) is 11.2 Å². The summed E-state index contributed by atoms with van der Waals surface area (Å²) in [7, 11) is 1.65. The first-order chi connectivity index (χ1) is 13.7. The second kappa shape index (κ2) is 8.20. The number of nitrogens with zero attached hydrogens (tertiary/aromatic N) is 6. The number of nitrogens with one attached hydrogen (secondary N) is 1. The number of piperidine rings is 1. The molecule has 1 saturated heterocycles. The maximum absolute atomic E-state index is 12.5. The summed E-state index contributed by atoms with van der Waals surface area (Å²) in [5.41, 5.74) is 1.80. The van der Waals surface area contributed by atoms with Crippen LogP contribution in [-0.4, -0.2) is 57.9 Å². The smallest absolute Gasteiger partial charge is 0.223 e. The Kier molecular flexibility index (Phi) is 5.31. The highest BCUT2D eigenvalue weighted by Gasteiger charge is 2.25. The van der Waals surface area contributed by atoms with E-state index in [0.29, 0.717) is 12.2 Å². The Bertz CT molecular complexity index is 933. The van der Waals surface area contributed by atoms with Crippen molar-refractivity contribution >= 4 is 17.4 Å². The lowest BCUT2D eigenvalue weighted by Crippen LogP contribution is -2.41. The van der Waals surface area contributed by atoms with Crippen molar-refractivity contribution < 1.29 is 9.53 Å². The lowest BCUT2D eigenvalue weighted by Gasteiger charge is -2.31. The zero-order valence-corrected chi connectivity index (χ0v) is 15.8. The Morgan fingerprint density at radius 1 is 1.18 bits per heavy atom. The number of benzene rings is 1. The summed E-state index contributed by atoms with van der Waals surface area (Å²) in [6.07, 6.45) is 2.43. The van der Waals surface area contributed by atoms with Gasteiger partial charge in [0.2, 0.25) is 5.91 Å². The van der Waals surface area contributed by atoms with Gasteiger partial charge in [0.15, 0.2) is 11.5 Å². The Balaban J connectivity index is 1.24. The second-order valence-electron chi connectivity index (χ2n) is 6.87. The third kappa shape index (κ3) is 4.03. The maximum atomic E-state index is 12.5. The van der Waals surface area contributed by atoms with Crippen LogP contribution in [0.25, 0.3) is 5.65 Å². The maximum Gasteiger partial charge on any atom is 0.223 e. The Morgan fingerprint density at radius 3 is 2.71 bits per heavy atom. The number of amides is 1. The fourth-order valence-electron chi connectivity index (χ4n) is 3.45. The van der Waals surface area contributed by atoms with Gasteiger partial charge in [-0.2, -0.15) is 0 Å². The highest BCUT2D eigenvalue weighted by Crippen LogP contribution is 2.22. The molecule has 28 heavy (non-hydrogen) atoms. The third-order valence-electron chi connectivity index (χ3n) is 5.12. The zero-order valence-electron chi connectivity index (χ0n) is 15.8. The molecule has 0 unspecified atom stereocenters. The van der Waals surface area contributed by atoms with Gasteiger partial charge in [-0.3, -0.25) is 4.79 Å². The van der Waals surface area contributed by atoms with Gasteiger partial charge in [0.25, 0.3) is 0 Å². The molecule has 2 aromatic heterocycles. The molecule has 0 saturated carbocycles. The largest absolute Gasteiger partial charge is 0.497 e. The molecule has 1 fully saturated rings. The summed E-state index contributed by atoms with van der Waals surface area (Å²) in [5, 5.41) is 18.8. The Morgan fingerprint density at radius 2 is 1.96 bits per heavy atom. The molecule has 1 aliphatic rings. The van der Waals surface area contributed by atoms with Crippen LogP contribution in [0.1, 0.15) is 18.4 Å². The van der Waals surface area contributed by atoms with Crippen LogP contribution in [0.2, 0.25) is 0 Å².